The minimum Gasteiger partial charge on any atom is -0.463 e. The van der Waals surface area contributed by atoms with E-state index in [1.807, 2.05) is 13.0 Å². The summed E-state index contributed by atoms with van der Waals surface area (Å²) in [5, 5.41) is 0.194. The molecule has 7 heteroatoms. The van der Waals surface area contributed by atoms with E-state index < -0.39 is 34.4 Å². The molecule has 0 fully saturated rings. The second-order valence-corrected chi connectivity index (χ2v) is 19.7. The summed E-state index contributed by atoms with van der Waals surface area (Å²) in [6, 6.07) is 0. The van der Waals surface area contributed by atoms with Gasteiger partial charge in [-0.25, -0.2) is 9.59 Å². The molecule has 0 rings (SSSR count). The number of carbonyl (C=O) groups excluding carboxylic acids is 2. The lowest BCUT2D eigenvalue weighted by molar-refractivity contribution is -0.140. The number of ether oxygens (including phenoxy) is 2. The maximum atomic E-state index is 12.1. The van der Waals surface area contributed by atoms with Crippen LogP contribution in [0.25, 0.3) is 0 Å². The SMILES string of the molecule is CCOC(=O)/C=C/C(=O)OC(C#C[Si](C)(C)C)/C=C/C(C)=C/CCO[Si](C)(C)C(C)(C)C. The number of rotatable bonds is 10. The van der Waals surface area contributed by atoms with Crippen LogP contribution in [0.4, 0.5) is 0 Å². The van der Waals surface area contributed by atoms with Gasteiger partial charge in [0.2, 0.25) is 0 Å². The monoisotopic (exact) mass is 478 g/mol. The van der Waals surface area contributed by atoms with Crippen molar-refractivity contribution in [2.45, 2.75) is 84.9 Å². The summed E-state index contributed by atoms with van der Waals surface area (Å²) >= 11 is 0. The highest BCUT2D eigenvalue weighted by Crippen LogP contribution is 2.36. The Morgan fingerprint density at radius 3 is 2.12 bits per heavy atom. The molecule has 32 heavy (non-hydrogen) atoms. The fourth-order valence-corrected chi connectivity index (χ4v) is 3.66. The molecule has 5 nitrogen and oxygen atoms in total. The van der Waals surface area contributed by atoms with Crippen molar-refractivity contribution in [3.63, 3.8) is 0 Å². The fourth-order valence-electron chi connectivity index (χ4n) is 2.02. The molecule has 0 aromatic rings. The Bertz CT molecular complexity index is 769. The van der Waals surface area contributed by atoms with Gasteiger partial charge in [-0.2, -0.15) is 0 Å². The molecule has 0 amide bonds. The van der Waals surface area contributed by atoms with Crippen molar-refractivity contribution < 1.29 is 23.5 Å². The molecule has 1 atom stereocenters. The molecule has 0 bridgehead atoms. The topological polar surface area (TPSA) is 61.8 Å². The van der Waals surface area contributed by atoms with Gasteiger partial charge in [0.25, 0.3) is 0 Å². The van der Waals surface area contributed by atoms with E-state index in [1.54, 1.807) is 13.0 Å². The van der Waals surface area contributed by atoms with E-state index in [-0.39, 0.29) is 11.6 Å². The van der Waals surface area contributed by atoms with E-state index in [9.17, 15) is 9.59 Å². The third kappa shape index (κ3) is 14.2. The van der Waals surface area contributed by atoms with Gasteiger partial charge in [-0.15, -0.1) is 5.54 Å². The Labute approximate surface area is 197 Å². The molecule has 0 aromatic carbocycles. The van der Waals surface area contributed by atoms with Crippen LogP contribution in [0.5, 0.6) is 0 Å². The molecule has 0 aliphatic heterocycles. The molecule has 0 saturated carbocycles. The second-order valence-electron chi connectivity index (χ2n) is 10.2. The normalized spacial score (nSPS) is 14.2. The second kappa shape index (κ2) is 13.6. The first-order chi connectivity index (χ1) is 14.6. The van der Waals surface area contributed by atoms with Gasteiger partial charge in [0.15, 0.2) is 14.4 Å². The smallest absolute Gasteiger partial charge is 0.332 e. The lowest BCUT2D eigenvalue weighted by atomic mass is 10.2. The minimum absolute atomic E-state index is 0.194. The Morgan fingerprint density at radius 1 is 1.00 bits per heavy atom. The van der Waals surface area contributed by atoms with Crippen molar-refractivity contribution in [2.75, 3.05) is 13.2 Å². The lowest BCUT2D eigenvalue weighted by Gasteiger charge is -2.36. The van der Waals surface area contributed by atoms with Crippen LogP contribution in [-0.4, -0.2) is 47.6 Å². The van der Waals surface area contributed by atoms with Gasteiger partial charge in [-0.05, 0) is 44.5 Å². The number of hydrogen-bond acceptors (Lipinski definition) is 5. The van der Waals surface area contributed by atoms with Crippen LogP contribution in [0.15, 0.2) is 36.0 Å². The molecule has 0 N–H and O–H groups in total. The summed E-state index contributed by atoms with van der Waals surface area (Å²) in [6.45, 7) is 22.2. The molecular formula is C25H42O5Si2. The number of allylic oxidation sites excluding steroid dienone is 2. The zero-order chi connectivity index (χ0) is 25.0. The quantitative estimate of drug-likeness (QED) is 0.0989. The van der Waals surface area contributed by atoms with Crippen molar-refractivity contribution in [1.29, 1.82) is 0 Å². The van der Waals surface area contributed by atoms with E-state index in [1.165, 1.54) is 0 Å². The molecule has 0 aliphatic carbocycles. The number of hydrogen-bond donors (Lipinski definition) is 0. The van der Waals surface area contributed by atoms with Crippen LogP contribution >= 0.6 is 0 Å². The standard InChI is InChI=1S/C25H42O5Si2/c1-11-28-23(26)16-17-24(27)30-22(18-20-31(6,7)8)15-14-21(2)13-12-19-29-32(9,10)25(3,4)5/h13-17,22H,11-12,19H2,1-10H3/b15-14+,17-16+,21-13+. The first-order valence-electron chi connectivity index (χ1n) is 11.1. The van der Waals surface area contributed by atoms with Crippen LogP contribution < -0.4 is 0 Å². The van der Waals surface area contributed by atoms with Crippen molar-refractivity contribution in [1.82, 2.24) is 0 Å². The van der Waals surface area contributed by atoms with Crippen LogP contribution in [0, 0.1) is 11.5 Å². The van der Waals surface area contributed by atoms with Crippen molar-refractivity contribution >= 4 is 28.3 Å². The van der Waals surface area contributed by atoms with Crippen molar-refractivity contribution in [3.05, 3.63) is 36.0 Å². The highest BCUT2D eigenvalue weighted by atomic mass is 28.4. The predicted octanol–water partition coefficient (Wildman–Crippen LogP) is 5.81. The molecular weight excluding hydrogens is 436 g/mol. The zero-order valence-corrected chi connectivity index (χ0v) is 23.6. The van der Waals surface area contributed by atoms with Crippen LogP contribution in [0.1, 0.15) is 41.0 Å². The van der Waals surface area contributed by atoms with Gasteiger partial charge >= 0.3 is 11.9 Å². The van der Waals surface area contributed by atoms with Gasteiger partial charge in [-0.3, -0.25) is 0 Å². The first-order valence-corrected chi connectivity index (χ1v) is 17.6. The van der Waals surface area contributed by atoms with E-state index in [4.69, 9.17) is 13.9 Å². The molecule has 180 valence electrons. The van der Waals surface area contributed by atoms with E-state index >= 15 is 0 Å². The van der Waals surface area contributed by atoms with E-state index in [0.717, 1.165) is 24.1 Å². The van der Waals surface area contributed by atoms with Crippen LogP contribution in [-0.2, 0) is 23.5 Å². The Morgan fingerprint density at radius 2 is 1.59 bits per heavy atom. The van der Waals surface area contributed by atoms with Gasteiger partial charge in [0.05, 0.1) is 6.61 Å². The van der Waals surface area contributed by atoms with E-state index in [2.05, 4.69) is 71.0 Å². The number of esters is 2. The molecule has 0 aromatic heterocycles. The number of carbonyl (C=O) groups is 2. The maximum Gasteiger partial charge on any atom is 0.332 e. The molecule has 0 spiro atoms. The predicted molar refractivity (Wildman–Crippen MR) is 137 cm³/mol. The minimum atomic E-state index is -1.74. The Hall–Kier alpha value is -1.89. The molecule has 0 heterocycles. The summed E-state index contributed by atoms with van der Waals surface area (Å²) in [5.74, 6) is 1.83. The Kier molecular flexibility index (Phi) is 12.8. The molecule has 0 aliphatic rings. The van der Waals surface area contributed by atoms with Gasteiger partial charge in [0, 0.05) is 18.8 Å². The maximum absolute atomic E-state index is 12.1. The van der Waals surface area contributed by atoms with E-state index in [0.29, 0.717) is 6.61 Å². The molecule has 1 unspecified atom stereocenters. The average Bonchev–Trinajstić information content (AvgIpc) is 2.64. The Balaban J connectivity index is 5.10. The zero-order valence-electron chi connectivity index (χ0n) is 21.6. The summed E-state index contributed by atoms with van der Waals surface area (Å²) in [6.07, 6.45) is 8.03. The van der Waals surface area contributed by atoms with Gasteiger partial charge in [-0.1, -0.05) is 64.1 Å². The highest BCUT2D eigenvalue weighted by molar-refractivity contribution is 6.83. The van der Waals surface area contributed by atoms with Crippen molar-refractivity contribution in [2.24, 2.45) is 0 Å². The molecule has 0 saturated heterocycles. The third-order valence-corrected chi connectivity index (χ3v) is 10.3. The summed E-state index contributed by atoms with van der Waals surface area (Å²) in [5.41, 5.74) is 4.27. The summed E-state index contributed by atoms with van der Waals surface area (Å²) < 4.78 is 16.4. The van der Waals surface area contributed by atoms with Crippen LogP contribution in [0.2, 0.25) is 37.8 Å². The lowest BCUT2D eigenvalue weighted by Crippen LogP contribution is -2.40. The summed E-state index contributed by atoms with van der Waals surface area (Å²) in [7, 11) is -3.38. The first kappa shape index (κ1) is 30.1. The summed E-state index contributed by atoms with van der Waals surface area (Å²) in [4.78, 5) is 23.5. The molecule has 0 radical (unpaired) electrons. The van der Waals surface area contributed by atoms with Crippen LogP contribution in [0.3, 0.4) is 0 Å². The largest absolute Gasteiger partial charge is 0.463 e. The third-order valence-electron chi connectivity index (χ3n) is 4.86. The highest BCUT2D eigenvalue weighted by Gasteiger charge is 2.36. The fraction of sp³-hybridized carbons (Fsp3) is 0.600. The average molecular weight is 479 g/mol. The van der Waals surface area contributed by atoms with Gasteiger partial charge in [0.1, 0.15) is 8.07 Å². The van der Waals surface area contributed by atoms with Gasteiger partial charge < -0.3 is 13.9 Å². The van der Waals surface area contributed by atoms with Crippen molar-refractivity contribution in [3.8, 4) is 11.5 Å².